The number of rotatable bonds is 36. The minimum absolute atomic E-state index is 0.139. The number of amides is 2. The third kappa shape index (κ3) is 30.0. The molecule has 300 valence electrons. The average molecular weight is 855 g/mol. The van der Waals surface area contributed by atoms with Crippen molar-refractivity contribution in [3.05, 3.63) is 38.8 Å². The summed E-state index contributed by atoms with van der Waals surface area (Å²) < 4.78 is 7.81. The topological polar surface area (TPSA) is 67.4 Å². The SMILES string of the molecule is CCCCCCCC/C=C\CCCCCCCC(=O)NCCCOc1c(Br)cc(CCNC(=O)CCCCCCCCCCCCC(C)C)cc1Br. The maximum atomic E-state index is 12.3. The summed E-state index contributed by atoms with van der Waals surface area (Å²) in [7, 11) is 0. The van der Waals surface area contributed by atoms with E-state index in [1.807, 2.05) is 0 Å². The van der Waals surface area contributed by atoms with E-state index in [4.69, 9.17) is 4.74 Å². The maximum Gasteiger partial charge on any atom is 0.220 e. The lowest BCUT2D eigenvalue weighted by Gasteiger charge is -2.13. The number of unbranched alkanes of at least 4 members (excludes halogenated alkanes) is 20. The predicted molar refractivity (Wildman–Crippen MR) is 231 cm³/mol. The van der Waals surface area contributed by atoms with Crippen molar-refractivity contribution < 1.29 is 14.3 Å². The molecule has 0 fully saturated rings. The van der Waals surface area contributed by atoms with Crippen molar-refractivity contribution in [1.82, 2.24) is 10.6 Å². The van der Waals surface area contributed by atoms with Crippen molar-refractivity contribution >= 4 is 43.7 Å². The number of halogens is 2. The molecule has 2 N–H and O–H groups in total. The second kappa shape index (κ2) is 35.4. The van der Waals surface area contributed by atoms with Gasteiger partial charge in [-0.2, -0.15) is 0 Å². The van der Waals surface area contributed by atoms with Gasteiger partial charge in [0.25, 0.3) is 0 Å². The van der Waals surface area contributed by atoms with Crippen LogP contribution in [0.15, 0.2) is 33.2 Å². The number of allylic oxidation sites excluding steroid dienone is 2. The van der Waals surface area contributed by atoms with Crippen LogP contribution in [0.2, 0.25) is 0 Å². The van der Waals surface area contributed by atoms with Gasteiger partial charge in [-0.3, -0.25) is 9.59 Å². The van der Waals surface area contributed by atoms with Gasteiger partial charge >= 0.3 is 0 Å². The molecule has 0 atom stereocenters. The van der Waals surface area contributed by atoms with Gasteiger partial charge in [-0.05, 0) is 107 Å². The number of carbonyl (C=O) groups excluding carboxylic acids is 2. The molecule has 0 heterocycles. The summed E-state index contributed by atoms with van der Waals surface area (Å²) >= 11 is 7.31. The van der Waals surface area contributed by atoms with E-state index >= 15 is 0 Å². The summed E-state index contributed by atoms with van der Waals surface area (Å²) in [5, 5.41) is 6.12. The lowest BCUT2D eigenvalue weighted by atomic mass is 10.0. The van der Waals surface area contributed by atoms with Crippen LogP contribution in [0.1, 0.15) is 200 Å². The second-order valence-corrected chi connectivity index (χ2v) is 17.1. The molecule has 52 heavy (non-hydrogen) atoms. The van der Waals surface area contributed by atoms with E-state index in [1.165, 1.54) is 128 Å². The number of ether oxygens (including phenoxy) is 1. The first-order valence-corrected chi connectivity index (χ1v) is 23.2. The fourth-order valence-electron chi connectivity index (χ4n) is 6.50. The highest BCUT2D eigenvalue weighted by molar-refractivity contribution is 9.11. The molecule has 2 amide bonds. The van der Waals surface area contributed by atoms with Crippen LogP contribution in [-0.2, 0) is 16.0 Å². The van der Waals surface area contributed by atoms with Gasteiger partial charge in [-0.1, -0.05) is 148 Å². The Labute approximate surface area is 337 Å². The van der Waals surface area contributed by atoms with Crippen LogP contribution in [0, 0.1) is 5.92 Å². The highest BCUT2D eigenvalue weighted by Crippen LogP contribution is 2.35. The summed E-state index contributed by atoms with van der Waals surface area (Å²) in [6.45, 7) is 8.67. The van der Waals surface area contributed by atoms with Gasteiger partial charge in [0.1, 0.15) is 5.75 Å². The van der Waals surface area contributed by atoms with Crippen LogP contribution in [0.3, 0.4) is 0 Å². The van der Waals surface area contributed by atoms with Crippen molar-refractivity contribution in [3.63, 3.8) is 0 Å². The summed E-state index contributed by atoms with van der Waals surface area (Å²) in [6.07, 6.45) is 38.2. The van der Waals surface area contributed by atoms with Gasteiger partial charge in [-0.25, -0.2) is 0 Å². The van der Waals surface area contributed by atoms with Crippen LogP contribution in [0.25, 0.3) is 0 Å². The Kier molecular flexibility index (Phi) is 33.1. The van der Waals surface area contributed by atoms with E-state index < -0.39 is 0 Å². The Morgan fingerprint density at radius 1 is 0.615 bits per heavy atom. The number of hydrogen-bond acceptors (Lipinski definition) is 3. The Hall–Kier alpha value is -1.34. The molecular formula is C45H78Br2N2O3. The fourth-order valence-corrected chi connectivity index (χ4v) is 8.01. The standard InChI is InChI=1S/C45H78Br2N2O3/c1-4-5-6-7-8-9-10-11-12-13-14-18-21-24-27-31-43(50)48-34-29-36-52-45-41(46)37-40(38-42(45)47)33-35-49-44(51)32-28-25-22-19-16-15-17-20-23-26-30-39(2)3/h11-12,37-39H,4-10,13-36H2,1-3H3,(H,48,50)(H,49,51)/b12-11-. The van der Waals surface area contributed by atoms with Gasteiger partial charge in [-0.15, -0.1) is 0 Å². The maximum absolute atomic E-state index is 12.3. The lowest BCUT2D eigenvalue weighted by molar-refractivity contribution is -0.122. The molecular weight excluding hydrogens is 776 g/mol. The van der Waals surface area contributed by atoms with Gasteiger partial charge in [0.15, 0.2) is 0 Å². The smallest absolute Gasteiger partial charge is 0.220 e. The molecule has 0 spiro atoms. The second-order valence-electron chi connectivity index (χ2n) is 15.3. The molecule has 1 aromatic rings. The quantitative estimate of drug-likeness (QED) is 0.0522. The molecule has 0 aliphatic carbocycles. The van der Waals surface area contributed by atoms with Gasteiger partial charge in [0, 0.05) is 25.9 Å². The molecule has 0 aliphatic heterocycles. The molecule has 7 heteroatoms. The molecule has 0 saturated carbocycles. The van der Waals surface area contributed by atoms with Gasteiger partial charge < -0.3 is 15.4 Å². The van der Waals surface area contributed by atoms with Crippen molar-refractivity contribution in [2.45, 2.75) is 201 Å². The van der Waals surface area contributed by atoms with E-state index in [0.29, 0.717) is 32.5 Å². The zero-order valence-electron chi connectivity index (χ0n) is 33.8. The molecule has 0 saturated heterocycles. The highest BCUT2D eigenvalue weighted by atomic mass is 79.9. The summed E-state index contributed by atoms with van der Waals surface area (Å²) in [5.41, 5.74) is 1.13. The number of carbonyl (C=O) groups is 2. The van der Waals surface area contributed by atoms with E-state index in [-0.39, 0.29) is 11.8 Å². The van der Waals surface area contributed by atoms with Gasteiger partial charge in [0.05, 0.1) is 15.6 Å². The molecule has 0 unspecified atom stereocenters. The summed E-state index contributed by atoms with van der Waals surface area (Å²) in [4.78, 5) is 24.6. The summed E-state index contributed by atoms with van der Waals surface area (Å²) in [5.74, 6) is 1.90. The normalized spacial score (nSPS) is 11.5. The molecule has 0 aliphatic rings. The van der Waals surface area contributed by atoms with Gasteiger partial charge in [0.2, 0.25) is 11.8 Å². The first-order chi connectivity index (χ1) is 25.3. The fraction of sp³-hybridized carbons (Fsp3) is 0.778. The first kappa shape index (κ1) is 48.7. The van der Waals surface area contributed by atoms with Crippen LogP contribution in [-0.4, -0.2) is 31.5 Å². The number of benzene rings is 1. The van der Waals surface area contributed by atoms with E-state index in [2.05, 4.69) is 87.5 Å². The Morgan fingerprint density at radius 2 is 1.06 bits per heavy atom. The Morgan fingerprint density at radius 3 is 1.56 bits per heavy atom. The zero-order chi connectivity index (χ0) is 37.9. The lowest BCUT2D eigenvalue weighted by Crippen LogP contribution is -2.25. The third-order valence-corrected chi connectivity index (χ3v) is 11.0. The summed E-state index contributed by atoms with van der Waals surface area (Å²) in [6, 6.07) is 4.13. The molecule has 0 bridgehead atoms. The Balaban J connectivity index is 2.02. The molecule has 0 aromatic heterocycles. The monoisotopic (exact) mass is 852 g/mol. The van der Waals surface area contributed by atoms with Crippen molar-refractivity contribution in [2.24, 2.45) is 5.92 Å². The average Bonchev–Trinajstić information content (AvgIpc) is 3.11. The Bertz CT molecular complexity index is 1020. The minimum atomic E-state index is 0.139. The third-order valence-electron chi connectivity index (χ3n) is 9.78. The van der Waals surface area contributed by atoms with Crippen LogP contribution >= 0.6 is 31.9 Å². The van der Waals surface area contributed by atoms with Crippen molar-refractivity contribution in [3.8, 4) is 5.75 Å². The van der Waals surface area contributed by atoms with E-state index in [1.54, 1.807) is 0 Å². The van der Waals surface area contributed by atoms with E-state index in [9.17, 15) is 9.59 Å². The van der Waals surface area contributed by atoms with Crippen LogP contribution in [0.5, 0.6) is 5.75 Å². The van der Waals surface area contributed by atoms with Crippen LogP contribution in [0.4, 0.5) is 0 Å². The molecule has 0 radical (unpaired) electrons. The molecule has 1 rings (SSSR count). The predicted octanol–water partition coefficient (Wildman–Crippen LogP) is 14.1. The first-order valence-electron chi connectivity index (χ1n) is 21.6. The van der Waals surface area contributed by atoms with Crippen molar-refractivity contribution in [1.29, 1.82) is 0 Å². The van der Waals surface area contributed by atoms with Crippen LogP contribution < -0.4 is 15.4 Å². The minimum Gasteiger partial charge on any atom is -0.491 e. The van der Waals surface area contributed by atoms with Crippen molar-refractivity contribution in [2.75, 3.05) is 19.7 Å². The number of nitrogens with one attached hydrogen (secondary N) is 2. The largest absolute Gasteiger partial charge is 0.491 e. The van der Waals surface area contributed by atoms with E-state index in [0.717, 1.165) is 64.7 Å². The molecule has 1 aromatic carbocycles. The highest BCUT2D eigenvalue weighted by Gasteiger charge is 2.10. The zero-order valence-corrected chi connectivity index (χ0v) is 37.0. The molecule has 5 nitrogen and oxygen atoms in total. The number of hydrogen-bond donors (Lipinski definition) is 2.